The van der Waals surface area contributed by atoms with Crippen LogP contribution in [0.25, 0.3) is 0 Å². The second kappa shape index (κ2) is 5.36. The molecule has 1 aromatic rings. The first kappa shape index (κ1) is 12.2. The van der Waals surface area contributed by atoms with Crippen molar-refractivity contribution in [2.24, 2.45) is 5.41 Å². The number of nitriles is 1. The molecule has 0 bridgehead atoms. The maximum absolute atomic E-state index is 9.57. The van der Waals surface area contributed by atoms with Gasteiger partial charge in [-0.25, -0.2) is 0 Å². The van der Waals surface area contributed by atoms with E-state index in [0.29, 0.717) is 0 Å². The van der Waals surface area contributed by atoms with E-state index >= 15 is 0 Å². The van der Waals surface area contributed by atoms with Gasteiger partial charge in [0.25, 0.3) is 0 Å². The lowest BCUT2D eigenvalue weighted by Gasteiger charge is -2.25. The normalized spacial score (nSPS) is 19.3. The number of hydrogen-bond donors (Lipinski definition) is 0. The summed E-state index contributed by atoms with van der Waals surface area (Å²) in [4.78, 5) is 0. The van der Waals surface area contributed by atoms with Crippen molar-refractivity contribution in [1.29, 1.82) is 5.26 Å². The van der Waals surface area contributed by atoms with Crippen LogP contribution < -0.4 is 0 Å². The van der Waals surface area contributed by atoms with Gasteiger partial charge in [-0.3, -0.25) is 0 Å². The monoisotopic (exact) mass is 227 g/mol. The van der Waals surface area contributed by atoms with Crippen LogP contribution in [0.2, 0.25) is 0 Å². The molecule has 1 nitrogen and oxygen atoms in total. The number of nitrogens with zero attached hydrogens (tertiary/aromatic N) is 1. The Balaban J connectivity index is 2.19. The molecule has 1 aromatic carbocycles. The molecule has 0 N–H and O–H groups in total. The summed E-state index contributed by atoms with van der Waals surface area (Å²) in [5.41, 5.74) is 2.59. The highest BCUT2D eigenvalue weighted by Crippen LogP contribution is 2.37. The summed E-state index contributed by atoms with van der Waals surface area (Å²) in [5.74, 6) is 0. The lowest BCUT2D eigenvalue weighted by atomic mass is 9.76. The van der Waals surface area contributed by atoms with Gasteiger partial charge in [0.2, 0.25) is 0 Å². The van der Waals surface area contributed by atoms with E-state index in [0.717, 1.165) is 19.3 Å². The standard InChI is InChI=1S/C16H21N/c1-14-8-4-5-9-15(14)12-16(13-17)10-6-2-3-7-11-16/h4-5,8-9H,2-3,6-7,10-12H2,1H3. The molecule has 1 aliphatic rings. The van der Waals surface area contributed by atoms with Crippen LogP contribution in [0, 0.1) is 23.7 Å². The van der Waals surface area contributed by atoms with Gasteiger partial charge in [0.1, 0.15) is 0 Å². The van der Waals surface area contributed by atoms with E-state index in [1.807, 2.05) is 0 Å². The van der Waals surface area contributed by atoms with Crippen LogP contribution in [-0.4, -0.2) is 0 Å². The zero-order chi connectivity index (χ0) is 12.1. The lowest BCUT2D eigenvalue weighted by molar-refractivity contribution is 0.338. The Morgan fingerprint density at radius 1 is 1.12 bits per heavy atom. The topological polar surface area (TPSA) is 23.8 Å². The highest BCUT2D eigenvalue weighted by molar-refractivity contribution is 5.28. The van der Waals surface area contributed by atoms with Crippen LogP contribution in [0.5, 0.6) is 0 Å². The molecule has 1 saturated carbocycles. The molecule has 0 unspecified atom stereocenters. The van der Waals surface area contributed by atoms with Gasteiger partial charge in [-0.1, -0.05) is 49.9 Å². The molecule has 1 aliphatic carbocycles. The van der Waals surface area contributed by atoms with E-state index in [9.17, 15) is 5.26 Å². The van der Waals surface area contributed by atoms with Crippen molar-refractivity contribution in [3.8, 4) is 6.07 Å². The third-order valence-electron chi connectivity index (χ3n) is 4.09. The Morgan fingerprint density at radius 3 is 2.35 bits per heavy atom. The molecule has 0 amide bonds. The molecule has 1 fully saturated rings. The van der Waals surface area contributed by atoms with Gasteiger partial charge in [0.05, 0.1) is 11.5 Å². The summed E-state index contributed by atoms with van der Waals surface area (Å²) in [6.45, 7) is 2.15. The fourth-order valence-electron chi connectivity index (χ4n) is 2.91. The third-order valence-corrected chi connectivity index (χ3v) is 4.09. The summed E-state index contributed by atoms with van der Waals surface area (Å²) in [6.07, 6.45) is 8.15. The van der Waals surface area contributed by atoms with Crippen molar-refractivity contribution in [2.45, 2.75) is 51.9 Å². The zero-order valence-electron chi connectivity index (χ0n) is 10.7. The fourth-order valence-corrected chi connectivity index (χ4v) is 2.91. The first-order valence-corrected chi connectivity index (χ1v) is 6.72. The number of rotatable bonds is 2. The summed E-state index contributed by atoms with van der Waals surface area (Å²) in [7, 11) is 0. The number of hydrogen-bond acceptors (Lipinski definition) is 1. The Hall–Kier alpha value is -1.29. The van der Waals surface area contributed by atoms with Crippen LogP contribution in [0.15, 0.2) is 24.3 Å². The lowest BCUT2D eigenvalue weighted by Crippen LogP contribution is -2.21. The molecule has 0 saturated heterocycles. The molecule has 0 radical (unpaired) electrons. The molecule has 90 valence electrons. The van der Waals surface area contributed by atoms with Crippen molar-refractivity contribution in [3.63, 3.8) is 0 Å². The van der Waals surface area contributed by atoms with Crippen molar-refractivity contribution >= 4 is 0 Å². The van der Waals surface area contributed by atoms with E-state index < -0.39 is 0 Å². The minimum Gasteiger partial charge on any atom is -0.198 e. The van der Waals surface area contributed by atoms with Gasteiger partial charge >= 0.3 is 0 Å². The molecule has 17 heavy (non-hydrogen) atoms. The van der Waals surface area contributed by atoms with E-state index in [4.69, 9.17) is 0 Å². The summed E-state index contributed by atoms with van der Waals surface area (Å²) < 4.78 is 0. The molecule has 1 heteroatoms. The quantitative estimate of drug-likeness (QED) is 0.687. The van der Waals surface area contributed by atoms with Crippen molar-refractivity contribution in [1.82, 2.24) is 0 Å². The molecule has 2 rings (SSSR count). The zero-order valence-corrected chi connectivity index (χ0v) is 10.7. The molecule has 0 atom stereocenters. The van der Waals surface area contributed by atoms with Gasteiger partial charge in [-0.05, 0) is 37.3 Å². The highest BCUT2D eigenvalue weighted by Gasteiger charge is 2.31. The van der Waals surface area contributed by atoms with E-state index in [-0.39, 0.29) is 5.41 Å². The van der Waals surface area contributed by atoms with Crippen molar-refractivity contribution in [3.05, 3.63) is 35.4 Å². The average Bonchev–Trinajstić information content (AvgIpc) is 2.58. The molecule has 0 aromatic heterocycles. The SMILES string of the molecule is Cc1ccccc1CC1(C#N)CCCCCC1. The average molecular weight is 227 g/mol. The van der Waals surface area contributed by atoms with Crippen LogP contribution in [-0.2, 0) is 6.42 Å². The van der Waals surface area contributed by atoms with Crippen LogP contribution in [0.1, 0.15) is 49.7 Å². The van der Waals surface area contributed by atoms with E-state index in [1.165, 1.54) is 36.8 Å². The minimum absolute atomic E-state index is 0.0946. The van der Waals surface area contributed by atoms with Gasteiger partial charge in [-0.2, -0.15) is 5.26 Å². The predicted octanol–water partition coefficient (Wildman–Crippen LogP) is 4.40. The molecular formula is C16H21N. The molecule has 0 spiro atoms. The minimum atomic E-state index is -0.0946. The van der Waals surface area contributed by atoms with Gasteiger partial charge in [0.15, 0.2) is 0 Å². The first-order chi connectivity index (χ1) is 8.26. The van der Waals surface area contributed by atoms with Crippen molar-refractivity contribution < 1.29 is 0 Å². The summed E-state index contributed by atoms with van der Waals surface area (Å²) in [5, 5.41) is 9.57. The number of benzene rings is 1. The summed E-state index contributed by atoms with van der Waals surface area (Å²) in [6, 6.07) is 11.1. The fraction of sp³-hybridized carbons (Fsp3) is 0.562. The Morgan fingerprint density at radius 2 is 1.76 bits per heavy atom. The van der Waals surface area contributed by atoms with Crippen LogP contribution in [0.3, 0.4) is 0 Å². The summed E-state index contributed by atoms with van der Waals surface area (Å²) >= 11 is 0. The smallest absolute Gasteiger partial charge is 0.0693 e. The molecule has 0 aliphatic heterocycles. The maximum atomic E-state index is 9.57. The largest absolute Gasteiger partial charge is 0.198 e. The highest BCUT2D eigenvalue weighted by atomic mass is 14.4. The van der Waals surface area contributed by atoms with Crippen LogP contribution in [0.4, 0.5) is 0 Å². The Labute approximate surface area is 104 Å². The van der Waals surface area contributed by atoms with Crippen molar-refractivity contribution in [2.75, 3.05) is 0 Å². The maximum Gasteiger partial charge on any atom is 0.0693 e. The van der Waals surface area contributed by atoms with Gasteiger partial charge in [0, 0.05) is 0 Å². The molecule has 0 heterocycles. The second-order valence-corrected chi connectivity index (χ2v) is 5.41. The molecular weight excluding hydrogens is 206 g/mol. The Kier molecular flexibility index (Phi) is 3.84. The second-order valence-electron chi connectivity index (χ2n) is 5.41. The predicted molar refractivity (Wildman–Crippen MR) is 70.6 cm³/mol. The number of aryl methyl sites for hydroxylation is 1. The van der Waals surface area contributed by atoms with Crippen LogP contribution >= 0.6 is 0 Å². The third kappa shape index (κ3) is 2.88. The Bertz CT molecular complexity index is 406. The van der Waals surface area contributed by atoms with E-state index in [2.05, 4.69) is 37.3 Å². The first-order valence-electron chi connectivity index (χ1n) is 6.72. The van der Waals surface area contributed by atoms with Gasteiger partial charge < -0.3 is 0 Å². The van der Waals surface area contributed by atoms with Gasteiger partial charge in [-0.15, -0.1) is 0 Å². The van der Waals surface area contributed by atoms with E-state index in [1.54, 1.807) is 0 Å².